The predicted octanol–water partition coefficient (Wildman–Crippen LogP) is 3.82. The molecular formula is C15H10BrN3. The van der Waals surface area contributed by atoms with Gasteiger partial charge in [0, 0.05) is 16.2 Å². The minimum atomic E-state index is 0.524. The van der Waals surface area contributed by atoms with Gasteiger partial charge < -0.3 is 10.1 Å². The number of rotatable bonds is 1. The lowest BCUT2D eigenvalue weighted by molar-refractivity contribution is 1.20. The lowest BCUT2D eigenvalue weighted by Gasteiger charge is -2.04. The monoisotopic (exact) mass is 311 g/mol. The average molecular weight is 312 g/mol. The summed E-state index contributed by atoms with van der Waals surface area (Å²) in [6, 6.07) is 15.8. The molecule has 0 bridgehead atoms. The zero-order valence-corrected chi connectivity index (χ0v) is 11.6. The molecule has 2 N–H and O–H groups in total. The van der Waals surface area contributed by atoms with Crippen molar-refractivity contribution in [2.45, 2.75) is 0 Å². The van der Waals surface area contributed by atoms with Gasteiger partial charge in [0.2, 0.25) is 0 Å². The fourth-order valence-electron chi connectivity index (χ4n) is 2.25. The van der Waals surface area contributed by atoms with Crippen LogP contribution in [0.5, 0.6) is 0 Å². The van der Waals surface area contributed by atoms with Crippen molar-refractivity contribution in [3.63, 3.8) is 0 Å². The van der Waals surface area contributed by atoms with Crippen molar-refractivity contribution in [1.29, 1.82) is 5.26 Å². The average Bonchev–Trinajstić information content (AvgIpc) is 2.71. The molecule has 0 saturated heterocycles. The van der Waals surface area contributed by atoms with Crippen LogP contribution in [-0.4, -0.2) is 4.40 Å². The minimum Gasteiger partial charge on any atom is -0.396 e. The van der Waals surface area contributed by atoms with Gasteiger partial charge in [0.05, 0.1) is 16.9 Å². The number of nitrogen functional groups attached to an aromatic ring is 1. The second kappa shape index (κ2) is 4.45. The number of aromatic nitrogens is 1. The van der Waals surface area contributed by atoms with Crippen molar-refractivity contribution in [3.05, 3.63) is 58.7 Å². The van der Waals surface area contributed by atoms with E-state index in [9.17, 15) is 5.26 Å². The number of nitrogens with two attached hydrogens (primary N) is 1. The van der Waals surface area contributed by atoms with E-state index < -0.39 is 0 Å². The molecule has 0 aliphatic rings. The summed E-state index contributed by atoms with van der Waals surface area (Å²) in [5.74, 6) is 0. The summed E-state index contributed by atoms with van der Waals surface area (Å²) in [5, 5.41) is 9.27. The topological polar surface area (TPSA) is 54.2 Å². The number of fused-ring (bicyclic) bond motifs is 1. The van der Waals surface area contributed by atoms with Gasteiger partial charge in [-0.05, 0) is 24.3 Å². The number of hydrogen-bond acceptors (Lipinski definition) is 2. The van der Waals surface area contributed by atoms with Crippen LogP contribution in [0.1, 0.15) is 5.56 Å². The Morgan fingerprint density at radius 2 is 1.84 bits per heavy atom. The van der Waals surface area contributed by atoms with Gasteiger partial charge in [-0.2, -0.15) is 5.26 Å². The fraction of sp³-hybridized carbons (Fsp3) is 0. The maximum Gasteiger partial charge on any atom is 0.104 e. The second-order valence-corrected chi connectivity index (χ2v) is 5.13. The molecule has 0 amide bonds. The van der Waals surface area contributed by atoms with Crippen molar-refractivity contribution < 1.29 is 0 Å². The molecule has 1 aromatic carbocycles. The first-order chi connectivity index (χ1) is 9.22. The Hall–Kier alpha value is -2.25. The fourth-order valence-corrected chi connectivity index (χ4v) is 2.51. The molecule has 0 radical (unpaired) electrons. The summed E-state index contributed by atoms with van der Waals surface area (Å²) in [6.45, 7) is 0. The molecule has 0 atom stereocenters. The molecule has 0 unspecified atom stereocenters. The molecule has 2 aromatic heterocycles. The second-order valence-electron chi connectivity index (χ2n) is 4.21. The Labute approximate surface area is 119 Å². The van der Waals surface area contributed by atoms with Crippen LogP contribution >= 0.6 is 15.9 Å². The van der Waals surface area contributed by atoms with E-state index in [1.165, 1.54) is 0 Å². The third kappa shape index (κ3) is 1.79. The minimum absolute atomic E-state index is 0.524. The number of hydrogen-bond donors (Lipinski definition) is 1. The summed E-state index contributed by atoms with van der Waals surface area (Å²) >= 11 is 3.41. The normalized spacial score (nSPS) is 10.5. The molecule has 0 aliphatic heterocycles. The number of halogens is 1. The van der Waals surface area contributed by atoms with Crippen LogP contribution in [0.15, 0.2) is 53.1 Å². The Balaban J connectivity index is 2.38. The van der Waals surface area contributed by atoms with Crippen molar-refractivity contribution in [2.24, 2.45) is 0 Å². The highest BCUT2D eigenvalue weighted by atomic mass is 79.9. The zero-order chi connectivity index (χ0) is 13.4. The number of nitrogens with zero attached hydrogens (tertiary/aromatic N) is 2. The van der Waals surface area contributed by atoms with Crippen LogP contribution < -0.4 is 5.73 Å². The Morgan fingerprint density at radius 3 is 2.53 bits per heavy atom. The summed E-state index contributed by atoms with van der Waals surface area (Å²) in [5.41, 5.74) is 9.88. The van der Waals surface area contributed by atoms with Crippen LogP contribution in [0.3, 0.4) is 0 Å². The van der Waals surface area contributed by atoms with E-state index in [1.54, 1.807) is 0 Å². The van der Waals surface area contributed by atoms with E-state index in [2.05, 4.69) is 22.0 Å². The van der Waals surface area contributed by atoms with E-state index in [1.807, 2.05) is 53.1 Å². The molecule has 92 valence electrons. The van der Waals surface area contributed by atoms with E-state index in [-0.39, 0.29) is 0 Å². The van der Waals surface area contributed by atoms with E-state index in [0.717, 1.165) is 21.2 Å². The maximum absolute atomic E-state index is 9.27. The third-order valence-corrected chi connectivity index (χ3v) is 3.64. The molecule has 3 aromatic rings. The first-order valence-corrected chi connectivity index (χ1v) is 6.56. The summed E-state index contributed by atoms with van der Waals surface area (Å²) in [7, 11) is 0. The number of benzene rings is 1. The van der Waals surface area contributed by atoms with Gasteiger partial charge in [-0.15, -0.1) is 0 Å². The summed E-state index contributed by atoms with van der Waals surface area (Å²) in [4.78, 5) is 0. The highest BCUT2D eigenvalue weighted by molar-refractivity contribution is 9.10. The van der Waals surface area contributed by atoms with Gasteiger partial charge in [0.1, 0.15) is 11.6 Å². The molecule has 19 heavy (non-hydrogen) atoms. The zero-order valence-electron chi connectivity index (χ0n) is 9.97. The number of anilines is 1. The largest absolute Gasteiger partial charge is 0.396 e. The SMILES string of the molecule is N#Cc1c(N)c(-c2ccc(Br)cc2)n2ccccc12. The van der Waals surface area contributed by atoms with Gasteiger partial charge in [0.15, 0.2) is 0 Å². The molecule has 0 saturated carbocycles. The lowest BCUT2D eigenvalue weighted by Crippen LogP contribution is -1.91. The lowest BCUT2D eigenvalue weighted by atomic mass is 10.1. The summed E-state index contributed by atoms with van der Waals surface area (Å²) in [6.07, 6.45) is 1.92. The highest BCUT2D eigenvalue weighted by Gasteiger charge is 2.16. The van der Waals surface area contributed by atoms with Crippen molar-refractivity contribution in [1.82, 2.24) is 4.40 Å². The van der Waals surface area contributed by atoms with E-state index in [4.69, 9.17) is 5.73 Å². The van der Waals surface area contributed by atoms with E-state index in [0.29, 0.717) is 11.3 Å². The molecule has 3 nitrogen and oxygen atoms in total. The van der Waals surface area contributed by atoms with Crippen LogP contribution in [-0.2, 0) is 0 Å². The standard InChI is InChI=1S/C15H10BrN3/c16-11-6-4-10(5-7-11)15-14(18)12(9-17)13-3-1-2-8-19(13)15/h1-8H,18H2. The molecule has 3 rings (SSSR count). The van der Waals surface area contributed by atoms with E-state index >= 15 is 0 Å². The molecule has 0 fully saturated rings. The number of pyridine rings is 1. The first kappa shape index (κ1) is 11.8. The van der Waals surface area contributed by atoms with Gasteiger partial charge in [-0.3, -0.25) is 0 Å². The Bertz CT molecular complexity index is 795. The Morgan fingerprint density at radius 1 is 1.11 bits per heavy atom. The number of nitriles is 1. The van der Waals surface area contributed by atoms with Gasteiger partial charge in [0.25, 0.3) is 0 Å². The van der Waals surface area contributed by atoms with Crippen LogP contribution in [0.25, 0.3) is 16.8 Å². The molecule has 2 heterocycles. The van der Waals surface area contributed by atoms with Crippen molar-refractivity contribution in [2.75, 3.05) is 5.73 Å². The van der Waals surface area contributed by atoms with Gasteiger partial charge in [-0.1, -0.05) is 34.1 Å². The molecule has 4 heteroatoms. The molecule has 0 aliphatic carbocycles. The van der Waals surface area contributed by atoms with Crippen molar-refractivity contribution in [3.8, 4) is 17.3 Å². The smallest absolute Gasteiger partial charge is 0.104 e. The molecule has 0 spiro atoms. The van der Waals surface area contributed by atoms with Gasteiger partial charge >= 0.3 is 0 Å². The van der Waals surface area contributed by atoms with Crippen LogP contribution in [0.2, 0.25) is 0 Å². The first-order valence-electron chi connectivity index (χ1n) is 5.77. The van der Waals surface area contributed by atoms with Crippen molar-refractivity contribution >= 4 is 27.1 Å². The molecular weight excluding hydrogens is 302 g/mol. The summed E-state index contributed by atoms with van der Waals surface area (Å²) < 4.78 is 2.97. The predicted molar refractivity (Wildman–Crippen MR) is 79.7 cm³/mol. The Kier molecular flexibility index (Phi) is 2.77. The highest BCUT2D eigenvalue weighted by Crippen LogP contribution is 2.34. The third-order valence-electron chi connectivity index (χ3n) is 3.11. The van der Waals surface area contributed by atoms with Crippen LogP contribution in [0.4, 0.5) is 5.69 Å². The quantitative estimate of drug-likeness (QED) is 0.742. The maximum atomic E-state index is 9.27. The van der Waals surface area contributed by atoms with Crippen LogP contribution in [0, 0.1) is 11.3 Å². The van der Waals surface area contributed by atoms with Gasteiger partial charge in [-0.25, -0.2) is 0 Å².